The number of nitrogens with one attached hydrogen (secondary N) is 1. The zero-order chi connectivity index (χ0) is 7.11. The summed E-state index contributed by atoms with van der Waals surface area (Å²) in [6, 6.07) is 0. The Labute approximate surface area is 68.1 Å². The Morgan fingerprint density at radius 3 is 2.60 bits per heavy atom. The van der Waals surface area contributed by atoms with Crippen molar-refractivity contribution < 1.29 is 4.79 Å². The molecule has 0 spiro atoms. The largest absolute Gasteiger partial charge is 0.391 e. The van der Waals surface area contributed by atoms with Gasteiger partial charge in [0.15, 0.2) is 0 Å². The zero-order valence-electron chi connectivity index (χ0n) is 6.39. The van der Waals surface area contributed by atoms with Gasteiger partial charge in [-0.15, -0.1) is 12.4 Å². The number of carbonyl (C=O) groups excluding carboxylic acids is 1. The van der Waals surface area contributed by atoms with Crippen molar-refractivity contribution in [2.45, 2.75) is 20.3 Å². The molecule has 0 aliphatic heterocycles. The molecule has 0 aliphatic rings. The highest BCUT2D eigenvalue weighted by atomic mass is 35.5. The van der Waals surface area contributed by atoms with Gasteiger partial charge in [0.1, 0.15) is 6.29 Å². The number of aldehydes is 1. The molecule has 0 bridgehead atoms. The predicted octanol–water partition coefficient (Wildman–Crippen LogP) is 1.51. The summed E-state index contributed by atoms with van der Waals surface area (Å²) in [4.78, 5) is 9.99. The van der Waals surface area contributed by atoms with E-state index in [0.29, 0.717) is 0 Å². The second kappa shape index (κ2) is 8.50. The van der Waals surface area contributed by atoms with Crippen LogP contribution in [0.4, 0.5) is 0 Å². The topological polar surface area (TPSA) is 29.1 Å². The fourth-order valence-corrected chi connectivity index (χ4v) is 0.412. The Kier molecular flexibility index (Phi) is 10.4. The molecule has 60 valence electrons. The van der Waals surface area contributed by atoms with E-state index in [0.717, 1.165) is 24.8 Å². The van der Waals surface area contributed by atoms with Crippen LogP contribution in [-0.4, -0.2) is 12.8 Å². The van der Waals surface area contributed by atoms with Gasteiger partial charge in [-0.25, -0.2) is 0 Å². The summed E-state index contributed by atoms with van der Waals surface area (Å²) in [6.07, 6.45) is 3.65. The van der Waals surface area contributed by atoms with Crippen LogP contribution in [0.15, 0.2) is 11.8 Å². The number of carbonyl (C=O) groups is 1. The molecule has 2 nitrogen and oxygen atoms in total. The van der Waals surface area contributed by atoms with Crippen molar-refractivity contribution in [3.63, 3.8) is 0 Å². The first-order valence-corrected chi connectivity index (χ1v) is 3.16. The Morgan fingerprint density at radius 2 is 2.20 bits per heavy atom. The highest BCUT2D eigenvalue weighted by Gasteiger charge is 1.80. The van der Waals surface area contributed by atoms with Crippen molar-refractivity contribution in [1.82, 2.24) is 5.32 Å². The molecule has 0 aliphatic carbocycles. The first-order valence-electron chi connectivity index (χ1n) is 3.16. The molecule has 0 heterocycles. The summed E-state index contributed by atoms with van der Waals surface area (Å²) in [7, 11) is 0. The zero-order valence-corrected chi connectivity index (χ0v) is 7.20. The average Bonchev–Trinajstić information content (AvgIpc) is 1.89. The van der Waals surface area contributed by atoms with Gasteiger partial charge < -0.3 is 5.32 Å². The van der Waals surface area contributed by atoms with Crippen LogP contribution in [0.1, 0.15) is 20.3 Å². The Morgan fingerprint density at radius 1 is 1.60 bits per heavy atom. The van der Waals surface area contributed by atoms with E-state index < -0.39 is 0 Å². The van der Waals surface area contributed by atoms with E-state index in [1.807, 2.05) is 0 Å². The molecule has 0 saturated heterocycles. The van der Waals surface area contributed by atoms with Gasteiger partial charge in [0.25, 0.3) is 0 Å². The van der Waals surface area contributed by atoms with Gasteiger partial charge >= 0.3 is 0 Å². The number of hydrogen-bond donors (Lipinski definition) is 1. The van der Waals surface area contributed by atoms with E-state index >= 15 is 0 Å². The third-order valence-electron chi connectivity index (χ3n) is 0.910. The summed E-state index contributed by atoms with van der Waals surface area (Å²) in [6.45, 7) is 4.79. The van der Waals surface area contributed by atoms with Crippen LogP contribution in [0.2, 0.25) is 0 Å². The van der Waals surface area contributed by atoms with Crippen molar-refractivity contribution in [3.8, 4) is 0 Å². The van der Waals surface area contributed by atoms with Crippen LogP contribution in [0.5, 0.6) is 0 Å². The second-order valence-electron chi connectivity index (χ2n) is 1.96. The van der Waals surface area contributed by atoms with Crippen molar-refractivity contribution in [3.05, 3.63) is 11.8 Å². The molecule has 0 atom stereocenters. The number of rotatable bonds is 4. The number of allylic oxidation sites excluding steroid dienone is 1. The molecular weight excluding hydrogens is 150 g/mol. The van der Waals surface area contributed by atoms with Crippen LogP contribution in [0, 0.1) is 0 Å². The molecule has 0 aromatic carbocycles. The van der Waals surface area contributed by atoms with Gasteiger partial charge in [0.05, 0.1) is 0 Å². The maximum atomic E-state index is 9.99. The number of halogens is 1. The molecule has 0 rings (SSSR count). The summed E-state index contributed by atoms with van der Waals surface area (Å²) < 4.78 is 0. The predicted molar refractivity (Wildman–Crippen MR) is 45.4 cm³/mol. The fraction of sp³-hybridized carbons (Fsp3) is 0.571. The van der Waals surface area contributed by atoms with E-state index in [1.165, 1.54) is 0 Å². The maximum absolute atomic E-state index is 9.99. The monoisotopic (exact) mass is 163 g/mol. The fourth-order valence-electron chi connectivity index (χ4n) is 0.412. The van der Waals surface area contributed by atoms with Crippen LogP contribution in [-0.2, 0) is 4.79 Å². The second-order valence-corrected chi connectivity index (χ2v) is 1.96. The van der Waals surface area contributed by atoms with E-state index in [2.05, 4.69) is 12.2 Å². The summed E-state index contributed by atoms with van der Waals surface area (Å²) >= 11 is 0. The van der Waals surface area contributed by atoms with Crippen LogP contribution in [0.25, 0.3) is 0 Å². The maximum Gasteiger partial charge on any atom is 0.147 e. The Balaban J connectivity index is 0. The molecule has 0 fully saturated rings. The van der Waals surface area contributed by atoms with Crippen molar-refractivity contribution in [2.75, 3.05) is 6.54 Å². The third kappa shape index (κ3) is 7.50. The molecule has 1 N–H and O–H groups in total. The van der Waals surface area contributed by atoms with Gasteiger partial charge in [-0.1, -0.05) is 6.92 Å². The lowest BCUT2D eigenvalue weighted by Gasteiger charge is -1.94. The molecule has 0 amide bonds. The molecule has 0 unspecified atom stereocenters. The first-order chi connectivity index (χ1) is 4.31. The van der Waals surface area contributed by atoms with Crippen LogP contribution >= 0.6 is 12.4 Å². The van der Waals surface area contributed by atoms with Crippen molar-refractivity contribution in [2.24, 2.45) is 0 Å². The molecule has 0 aromatic heterocycles. The standard InChI is InChI=1S/C7H13NO.ClH/c1-3-4-8-5-7(2)6-9;/h5-6,8H,3-4H2,1-2H3;1H. The van der Waals surface area contributed by atoms with E-state index in [4.69, 9.17) is 0 Å². The van der Waals surface area contributed by atoms with Gasteiger partial charge in [0, 0.05) is 18.3 Å². The first kappa shape index (κ1) is 12.2. The molecule has 10 heavy (non-hydrogen) atoms. The molecular formula is C7H14ClNO. The highest BCUT2D eigenvalue weighted by Crippen LogP contribution is 1.81. The normalized spacial score (nSPS) is 10.0. The van der Waals surface area contributed by atoms with Gasteiger partial charge in [0.2, 0.25) is 0 Å². The van der Waals surface area contributed by atoms with Gasteiger partial charge in [-0.2, -0.15) is 0 Å². The van der Waals surface area contributed by atoms with E-state index in [9.17, 15) is 4.79 Å². The average molecular weight is 164 g/mol. The Hall–Kier alpha value is -0.500. The SMILES string of the molecule is CCCNC=C(C)C=O.Cl. The molecule has 0 saturated carbocycles. The minimum atomic E-state index is 0. The minimum Gasteiger partial charge on any atom is -0.391 e. The van der Waals surface area contributed by atoms with Crippen molar-refractivity contribution >= 4 is 18.7 Å². The van der Waals surface area contributed by atoms with Gasteiger partial charge in [-0.05, 0) is 13.3 Å². The molecule has 3 heteroatoms. The van der Waals surface area contributed by atoms with E-state index in [1.54, 1.807) is 13.1 Å². The summed E-state index contributed by atoms with van der Waals surface area (Å²) in [5.74, 6) is 0. The van der Waals surface area contributed by atoms with Crippen LogP contribution < -0.4 is 5.32 Å². The summed E-state index contributed by atoms with van der Waals surface area (Å²) in [5.41, 5.74) is 0.739. The quantitative estimate of drug-likeness (QED) is 0.387. The minimum absolute atomic E-state index is 0. The molecule has 0 aromatic rings. The van der Waals surface area contributed by atoms with Gasteiger partial charge in [-0.3, -0.25) is 4.79 Å². The lowest BCUT2D eigenvalue weighted by Crippen LogP contribution is -2.06. The third-order valence-corrected chi connectivity index (χ3v) is 0.910. The number of hydrogen-bond acceptors (Lipinski definition) is 2. The Bertz CT molecular complexity index is 112. The van der Waals surface area contributed by atoms with Crippen LogP contribution in [0.3, 0.4) is 0 Å². The van der Waals surface area contributed by atoms with E-state index in [-0.39, 0.29) is 12.4 Å². The molecule has 0 radical (unpaired) electrons. The summed E-state index contributed by atoms with van der Waals surface area (Å²) in [5, 5.41) is 2.99. The smallest absolute Gasteiger partial charge is 0.147 e. The lowest BCUT2D eigenvalue weighted by molar-refractivity contribution is -0.104. The highest BCUT2D eigenvalue weighted by molar-refractivity contribution is 5.85. The van der Waals surface area contributed by atoms with Crippen molar-refractivity contribution in [1.29, 1.82) is 0 Å². The lowest BCUT2D eigenvalue weighted by atomic mass is 10.4.